The molecule has 2 saturated heterocycles. The molecule has 3 aromatic rings. The maximum Gasteiger partial charge on any atom is 0.410 e. The second kappa shape index (κ2) is 11.9. The van der Waals surface area contributed by atoms with Crippen LogP contribution in [0.25, 0.3) is 10.8 Å². The van der Waals surface area contributed by atoms with E-state index in [4.69, 9.17) is 9.73 Å². The Hall–Kier alpha value is -3.76. The highest BCUT2D eigenvalue weighted by molar-refractivity contribution is 7.89. The van der Waals surface area contributed by atoms with Crippen molar-refractivity contribution >= 4 is 38.6 Å². The van der Waals surface area contributed by atoms with E-state index in [0.717, 1.165) is 34.7 Å². The van der Waals surface area contributed by atoms with Gasteiger partial charge >= 0.3 is 6.09 Å². The van der Waals surface area contributed by atoms with Gasteiger partial charge in [0.25, 0.3) is 5.91 Å². The van der Waals surface area contributed by atoms with Crippen molar-refractivity contribution in [2.45, 2.75) is 44.2 Å². The molecular formula is C32H36N4O5S. The number of fused-ring (bicyclic) bond motifs is 1. The van der Waals surface area contributed by atoms with Crippen LogP contribution in [-0.4, -0.2) is 72.9 Å². The molecule has 3 aromatic carbocycles. The van der Waals surface area contributed by atoms with Crippen LogP contribution in [0.4, 0.5) is 4.79 Å². The summed E-state index contributed by atoms with van der Waals surface area (Å²) in [6, 6.07) is 23.5. The number of hydrogen-bond acceptors (Lipinski definition) is 6. The van der Waals surface area contributed by atoms with E-state index in [1.165, 1.54) is 4.31 Å². The summed E-state index contributed by atoms with van der Waals surface area (Å²) >= 11 is 0. The summed E-state index contributed by atoms with van der Waals surface area (Å²) in [6.07, 6.45) is 2.34. The summed E-state index contributed by atoms with van der Waals surface area (Å²) in [4.78, 5) is 32.5. The van der Waals surface area contributed by atoms with Crippen molar-refractivity contribution in [2.75, 3.05) is 31.9 Å². The lowest BCUT2D eigenvalue weighted by molar-refractivity contribution is -0.125. The Morgan fingerprint density at radius 1 is 0.976 bits per heavy atom. The predicted molar refractivity (Wildman–Crippen MR) is 161 cm³/mol. The van der Waals surface area contributed by atoms with Gasteiger partial charge in [-0.25, -0.2) is 17.5 Å². The van der Waals surface area contributed by atoms with Crippen molar-refractivity contribution in [2.24, 2.45) is 10.9 Å². The molecule has 10 heteroatoms. The van der Waals surface area contributed by atoms with E-state index in [1.807, 2.05) is 72.8 Å². The molecule has 6 rings (SSSR count). The van der Waals surface area contributed by atoms with Crippen LogP contribution in [0.15, 0.2) is 77.8 Å². The second-order valence-corrected chi connectivity index (χ2v) is 13.5. The molecule has 1 unspecified atom stereocenters. The molecule has 2 amide bonds. The Kier molecular flexibility index (Phi) is 8.00. The Morgan fingerprint density at radius 3 is 2.52 bits per heavy atom. The largest absolute Gasteiger partial charge is 0.445 e. The van der Waals surface area contributed by atoms with E-state index in [9.17, 15) is 18.0 Å². The number of amides is 2. The zero-order chi connectivity index (χ0) is 29.2. The summed E-state index contributed by atoms with van der Waals surface area (Å²) in [5.74, 6) is 0.364. The molecule has 0 aromatic heterocycles. The molecule has 3 aliphatic rings. The average Bonchev–Trinajstić information content (AvgIpc) is 3.34. The van der Waals surface area contributed by atoms with Gasteiger partial charge in [-0.15, -0.1) is 0 Å². The van der Waals surface area contributed by atoms with Gasteiger partial charge in [0.15, 0.2) is 0 Å². The Morgan fingerprint density at radius 2 is 1.71 bits per heavy atom. The van der Waals surface area contributed by atoms with E-state index in [0.29, 0.717) is 38.2 Å². The fraction of sp³-hybridized carbons (Fsp3) is 0.406. The van der Waals surface area contributed by atoms with Gasteiger partial charge in [0.2, 0.25) is 10.0 Å². The fourth-order valence-electron chi connectivity index (χ4n) is 6.26. The van der Waals surface area contributed by atoms with E-state index in [1.54, 1.807) is 4.90 Å². The summed E-state index contributed by atoms with van der Waals surface area (Å²) in [7, 11) is -3.50. The first-order valence-corrected chi connectivity index (χ1v) is 16.3. The maximum atomic E-state index is 13.3. The van der Waals surface area contributed by atoms with Crippen molar-refractivity contribution in [1.29, 1.82) is 0 Å². The minimum Gasteiger partial charge on any atom is -0.445 e. The molecular weight excluding hydrogens is 552 g/mol. The molecule has 1 spiro atoms. The third kappa shape index (κ3) is 5.91. The van der Waals surface area contributed by atoms with Gasteiger partial charge in [-0.3, -0.25) is 9.79 Å². The highest BCUT2D eigenvalue weighted by atomic mass is 32.2. The molecule has 3 aliphatic heterocycles. The number of hydrogen-bond donors (Lipinski definition) is 1. The minimum atomic E-state index is -3.50. The van der Waals surface area contributed by atoms with Gasteiger partial charge < -0.3 is 15.0 Å². The Balaban J connectivity index is 1.05. The number of benzene rings is 3. The number of nitrogens with zero attached hydrogens (tertiary/aromatic N) is 3. The van der Waals surface area contributed by atoms with Gasteiger partial charge in [0.05, 0.1) is 5.75 Å². The van der Waals surface area contributed by atoms with Gasteiger partial charge in [-0.05, 0) is 54.0 Å². The van der Waals surface area contributed by atoms with Crippen molar-refractivity contribution in [1.82, 2.24) is 14.5 Å². The van der Waals surface area contributed by atoms with Crippen molar-refractivity contribution in [3.8, 4) is 0 Å². The first-order valence-electron chi connectivity index (χ1n) is 14.6. The van der Waals surface area contributed by atoms with Crippen molar-refractivity contribution in [3.63, 3.8) is 0 Å². The normalized spacial score (nSPS) is 20.9. The van der Waals surface area contributed by atoms with Crippen LogP contribution < -0.4 is 5.32 Å². The third-order valence-electron chi connectivity index (χ3n) is 8.72. The van der Waals surface area contributed by atoms with Gasteiger partial charge in [0.1, 0.15) is 18.0 Å². The summed E-state index contributed by atoms with van der Waals surface area (Å²) in [5.41, 5.74) is 0.989. The summed E-state index contributed by atoms with van der Waals surface area (Å²) in [5, 5.41) is 5.15. The molecule has 3 heterocycles. The molecule has 0 saturated carbocycles. The molecule has 1 N–H and O–H groups in total. The summed E-state index contributed by atoms with van der Waals surface area (Å²) in [6.45, 7) is 1.75. The SMILES string of the molecule is O=C(OCc1ccccc1)N1CCCC(C2=NC3(CCN(S(=O)(=O)CCc4cccc5ccccc45)CC3)C(=O)N2)C1. The van der Waals surface area contributed by atoms with Crippen LogP contribution in [-0.2, 0) is 32.6 Å². The Bertz CT molecular complexity index is 1590. The first-order chi connectivity index (χ1) is 20.3. The van der Waals surface area contributed by atoms with Crippen molar-refractivity contribution in [3.05, 3.63) is 83.9 Å². The topological polar surface area (TPSA) is 108 Å². The minimum absolute atomic E-state index is 0.0208. The van der Waals surface area contributed by atoms with E-state index in [-0.39, 0.29) is 43.4 Å². The number of carbonyl (C=O) groups is 2. The lowest BCUT2D eigenvalue weighted by Gasteiger charge is -2.35. The molecule has 0 aliphatic carbocycles. The zero-order valence-electron chi connectivity index (χ0n) is 23.6. The quantitative estimate of drug-likeness (QED) is 0.447. The van der Waals surface area contributed by atoms with Crippen LogP contribution in [0.1, 0.15) is 36.8 Å². The van der Waals surface area contributed by atoms with E-state index < -0.39 is 15.6 Å². The number of aryl methyl sites for hydroxylation is 1. The smallest absolute Gasteiger partial charge is 0.410 e. The molecule has 0 radical (unpaired) electrons. The van der Waals surface area contributed by atoms with E-state index in [2.05, 4.69) is 5.32 Å². The lowest BCUT2D eigenvalue weighted by Crippen LogP contribution is -2.51. The lowest BCUT2D eigenvalue weighted by atomic mass is 9.89. The third-order valence-corrected chi connectivity index (χ3v) is 10.6. The molecule has 2 fully saturated rings. The number of nitrogens with one attached hydrogen (secondary N) is 1. The average molecular weight is 589 g/mol. The second-order valence-electron chi connectivity index (χ2n) is 11.4. The van der Waals surface area contributed by atoms with Crippen molar-refractivity contribution < 1.29 is 22.7 Å². The van der Waals surface area contributed by atoms with Gasteiger partial charge in [-0.2, -0.15) is 0 Å². The summed E-state index contributed by atoms with van der Waals surface area (Å²) < 4.78 is 33.6. The first kappa shape index (κ1) is 28.4. The Labute approximate surface area is 246 Å². The zero-order valence-corrected chi connectivity index (χ0v) is 24.4. The number of amidine groups is 1. The van der Waals surface area contributed by atoms with E-state index >= 15 is 0 Å². The number of ether oxygens (including phenoxy) is 1. The number of rotatable bonds is 7. The highest BCUT2D eigenvalue weighted by Crippen LogP contribution is 2.34. The molecule has 0 bridgehead atoms. The number of piperidine rings is 2. The van der Waals surface area contributed by atoms with Crippen LogP contribution in [0, 0.1) is 5.92 Å². The standard InChI is InChI=1S/C32H36N4O5S/c37-30-32(34-29(33-30)27-13-7-18-35(22-27)31(38)41-23-24-8-2-1-3-9-24)16-19-36(20-17-32)42(39,40)21-15-26-12-6-11-25-10-4-5-14-28(25)26/h1-6,8-12,14,27H,7,13,15-23H2,(H,33,34,37). The van der Waals surface area contributed by atoms with Crippen LogP contribution in [0.5, 0.6) is 0 Å². The monoisotopic (exact) mass is 588 g/mol. The van der Waals surface area contributed by atoms with Gasteiger partial charge in [0, 0.05) is 32.1 Å². The molecule has 1 atom stereocenters. The molecule has 9 nitrogen and oxygen atoms in total. The highest BCUT2D eigenvalue weighted by Gasteiger charge is 2.48. The number of carbonyl (C=O) groups excluding carboxylic acids is 2. The van der Waals surface area contributed by atoms with Crippen LogP contribution in [0.2, 0.25) is 0 Å². The van der Waals surface area contributed by atoms with Crippen LogP contribution >= 0.6 is 0 Å². The van der Waals surface area contributed by atoms with Crippen LogP contribution in [0.3, 0.4) is 0 Å². The molecule has 42 heavy (non-hydrogen) atoms. The number of aliphatic imine (C=N–C) groups is 1. The predicted octanol–water partition coefficient (Wildman–Crippen LogP) is 4.12. The fourth-order valence-corrected chi connectivity index (χ4v) is 7.74. The molecule has 220 valence electrons. The maximum absolute atomic E-state index is 13.3. The van der Waals surface area contributed by atoms with Gasteiger partial charge in [-0.1, -0.05) is 72.8 Å². The number of likely N-dealkylation sites (tertiary alicyclic amines) is 1. The number of sulfonamides is 1.